The van der Waals surface area contributed by atoms with E-state index in [-0.39, 0.29) is 56.9 Å². The Morgan fingerprint density at radius 1 is 0.812 bits per heavy atom. The van der Waals surface area contributed by atoms with Crippen LogP contribution in [0.4, 0.5) is 0 Å². The minimum atomic E-state index is -1.48. The average Bonchev–Trinajstić information content (AvgIpc) is 2.16. The maximum atomic E-state index is 10.6. The van der Waals surface area contributed by atoms with Crippen LogP contribution in [0, 0.1) is 0 Å². The van der Waals surface area contributed by atoms with Gasteiger partial charge in [-0.3, -0.25) is 0 Å². The number of carboxylic acid groups (broad SMARTS) is 3. The second-order valence-corrected chi connectivity index (χ2v) is 2.68. The van der Waals surface area contributed by atoms with Crippen molar-refractivity contribution in [3.8, 4) is 0 Å². The summed E-state index contributed by atoms with van der Waals surface area (Å²) in [6.45, 7) is 0. The van der Waals surface area contributed by atoms with Gasteiger partial charge < -0.3 is 15.3 Å². The molecule has 0 aromatic heterocycles. The van der Waals surface area contributed by atoms with Crippen molar-refractivity contribution in [3.63, 3.8) is 0 Å². The predicted molar refractivity (Wildman–Crippen MR) is 53.1 cm³/mol. The summed E-state index contributed by atoms with van der Waals surface area (Å²) >= 11 is 0. The van der Waals surface area contributed by atoms with Crippen LogP contribution in [0.1, 0.15) is 31.1 Å². The molecule has 0 bridgehead atoms. The Kier molecular flexibility index (Phi) is 5.83. The van der Waals surface area contributed by atoms with Gasteiger partial charge in [0.25, 0.3) is 0 Å². The molecular weight excluding hydrogens is 243 g/mol. The Labute approximate surface area is 132 Å². The van der Waals surface area contributed by atoms with Crippen LogP contribution in [0.2, 0.25) is 0 Å². The molecule has 1 aromatic carbocycles. The number of carboxylic acids is 3. The first-order valence-electron chi connectivity index (χ1n) is 3.77. The van der Waals surface area contributed by atoms with E-state index in [2.05, 4.69) is 0 Å². The monoisotopic (exact) mass is 249 g/mol. The smallest absolute Gasteiger partial charge is 0.336 e. The number of rotatable bonds is 3. The van der Waals surface area contributed by atoms with Crippen LogP contribution in [0.3, 0.4) is 0 Å². The fourth-order valence-corrected chi connectivity index (χ4v) is 1.04. The zero-order valence-electron chi connectivity index (χ0n) is 8.30. The van der Waals surface area contributed by atoms with Gasteiger partial charge in [0.15, 0.2) is 0 Å². The summed E-state index contributed by atoms with van der Waals surface area (Å²) < 4.78 is 0. The predicted octanol–water partition coefficient (Wildman–Crippen LogP) is 0.400. The SMILES string of the molecule is O=C(O)c1ccc(C(=O)O)c(C(=O)O)c1.[K]. The summed E-state index contributed by atoms with van der Waals surface area (Å²) in [5.74, 6) is -4.20. The number of hydrogen-bond donors (Lipinski definition) is 3. The largest absolute Gasteiger partial charge is 0.478 e. The van der Waals surface area contributed by atoms with Gasteiger partial charge in [0.1, 0.15) is 0 Å². The number of carbonyl (C=O) groups is 3. The first-order chi connectivity index (χ1) is 6.93. The van der Waals surface area contributed by atoms with Gasteiger partial charge in [-0.15, -0.1) is 0 Å². The molecule has 6 nitrogen and oxygen atoms in total. The topological polar surface area (TPSA) is 112 Å². The van der Waals surface area contributed by atoms with Crippen molar-refractivity contribution < 1.29 is 29.7 Å². The Bertz CT molecular complexity index is 453. The second kappa shape index (κ2) is 6.11. The van der Waals surface area contributed by atoms with E-state index < -0.39 is 29.0 Å². The summed E-state index contributed by atoms with van der Waals surface area (Å²) in [6, 6.07) is 2.81. The normalized spacial score (nSPS) is 9.00. The standard InChI is InChI=1S/C9H6O6.K/c10-7(11)4-1-2-5(8(12)13)6(3-4)9(14)15;/h1-3H,(H,10,11)(H,12,13)(H,14,15);. The minimum absolute atomic E-state index is 0. The molecule has 0 aliphatic rings. The van der Waals surface area contributed by atoms with Crippen molar-refractivity contribution in [2.24, 2.45) is 0 Å². The molecule has 1 aromatic rings. The number of aromatic carboxylic acids is 3. The maximum absolute atomic E-state index is 10.6. The number of hydrogen-bond acceptors (Lipinski definition) is 3. The second-order valence-electron chi connectivity index (χ2n) is 2.68. The van der Waals surface area contributed by atoms with Crippen molar-refractivity contribution >= 4 is 69.3 Å². The van der Waals surface area contributed by atoms with Crippen LogP contribution >= 0.6 is 0 Å². The third-order valence-corrected chi connectivity index (χ3v) is 1.73. The summed E-state index contributed by atoms with van der Waals surface area (Å²) in [6.07, 6.45) is 0. The molecule has 0 fully saturated rings. The van der Waals surface area contributed by atoms with Gasteiger partial charge >= 0.3 is 17.9 Å². The molecule has 0 saturated carbocycles. The molecular formula is C9H6KO6. The molecule has 0 atom stereocenters. The number of benzene rings is 1. The third-order valence-electron chi connectivity index (χ3n) is 1.73. The summed E-state index contributed by atoms with van der Waals surface area (Å²) in [5, 5.41) is 25.9. The van der Waals surface area contributed by atoms with E-state index in [1.165, 1.54) is 0 Å². The third kappa shape index (κ3) is 3.39. The van der Waals surface area contributed by atoms with Crippen molar-refractivity contribution in [1.29, 1.82) is 0 Å². The van der Waals surface area contributed by atoms with Crippen LogP contribution in [0.5, 0.6) is 0 Å². The molecule has 3 N–H and O–H groups in total. The maximum Gasteiger partial charge on any atom is 0.336 e. The van der Waals surface area contributed by atoms with Crippen molar-refractivity contribution in [3.05, 3.63) is 34.9 Å². The zero-order valence-corrected chi connectivity index (χ0v) is 11.4. The van der Waals surface area contributed by atoms with E-state index in [1.54, 1.807) is 0 Å². The molecule has 1 radical (unpaired) electrons. The van der Waals surface area contributed by atoms with Gasteiger partial charge in [-0.05, 0) is 18.2 Å². The molecule has 1 rings (SSSR count). The molecule has 79 valence electrons. The van der Waals surface area contributed by atoms with Crippen LogP contribution in [0.25, 0.3) is 0 Å². The quantitative estimate of drug-likeness (QED) is 0.668. The van der Waals surface area contributed by atoms with Gasteiger partial charge in [-0.25, -0.2) is 14.4 Å². The van der Waals surface area contributed by atoms with E-state index in [0.717, 1.165) is 18.2 Å². The molecule has 0 spiro atoms. The Balaban J connectivity index is 0.00000225. The summed E-state index contributed by atoms with van der Waals surface area (Å²) in [7, 11) is 0. The molecule has 0 saturated heterocycles. The Morgan fingerprint density at radius 3 is 1.69 bits per heavy atom. The van der Waals surface area contributed by atoms with E-state index in [0.29, 0.717) is 0 Å². The van der Waals surface area contributed by atoms with Gasteiger partial charge in [-0.2, -0.15) is 0 Å². The van der Waals surface area contributed by atoms with Gasteiger partial charge in [0, 0.05) is 51.4 Å². The molecule has 0 heterocycles. The van der Waals surface area contributed by atoms with Crippen LogP contribution in [-0.2, 0) is 0 Å². The first-order valence-corrected chi connectivity index (χ1v) is 3.77. The first kappa shape index (κ1) is 15.3. The zero-order chi connectivity index (χ0) is 11.6. The van der Waals surface area contributed by atoms with Crippen molar-refractivity contribution in [2.75, 3.05) is 0 Å². The Morgan fingerprint density at radius 2 is 1.31 bits per heavy atom. The average molecular weight is 249 g/mol. The van der Waals surface area contributed by atoms with Crippen LogP contribution in [0.15, 0.2) is 18.2 Å². The van der Waals surface area contributed by atoms with Crippen LogP contribution < -0.4 is 0 Å². The van der Waals surface area contributed by atoms with Crippen molar-refractivity contribution in [1.82, 2.24) is 0 Å². The summed E-state index contributed by atoms with van der Waals surface area (Å²) in [4.78, 5) is 31.8. The van der Waals surface area contributed by atoms with E-state index in [4.69, 9.17) is 15.3 Å². The fourth-order valence-electron chi connectivity index (χ4n) is 1.04. The van der Waals surface area contributed by atoms with E-state index >= 15 is 0 Å². The van der Waals surface area contributed by atoms with Crippen LogP contribution in [-0.4, -0.2) is 84.6 Å². The van der Waals surface area contributed by atoms with Gasteiger partial charge in [0.2, 0.25) is 0 Å². The molecule has 16 heavy (non-hydrogen) atoms. The molecule has 0 aliphatic heterocycles. The fraction of sp³-hybridized carbons (Fsp3) is 0. The van der Waals surface area contributed by atoms with E-state index in [1.807, 2.05) is 0 Å². The van der Waals surface area contributed by atoms with E-state index in [9.17, 15) is 14.4 Å². The van der Waals surface area contributed by atoms with Crippen molar-refractivity contribution in [2.45, 2.75) is 0 Å². The van der Waals surface area contributed by atoms with Gasteiger partial charge in [-0.1, -0.05) is 0 Å². The summed E-state index contributed by atoms with van der Waals surface area (Å²) in [5.41, 5.74) is -1.24. The Hall–Kier alpha value is -0.734. The molecule has 0 unspecified atom stereocenters. The minimum Gasteiger partial charge on any atom is -0.478 e. The van der Waals surface area contributed by atoms with Gasteiger partial charge in [0.05, 0.1) is 16.7 Å². The molecule has 7 heteroatoms. The molecule has 0 aliphatic carbocycles. The molecule has 0 amide bonds.